The Morgan fingerprint density at radius 1 is 1.56 bits per heavy atom. The van der Waals surface area contributed by atoms with Gasteiger partial charge in [0.05, 0.1) is 19.0 Å². The molecular weight excluding hydrogens is 230 g/mol. The molecule has 0 radical (unpaired) electrons. The maximum Gasteiger partial charge on any atom is 0.307 e. The van der Waals surface area contributed by atoms with Gasteiger partial charge in [0.15, 0.2) is 0 Å². The van der Waals surface area contributed by atoms with Gasteiger partial charge in [0, 0.05) is 10.9 Å². The van der Waals surface area contributed by atoms with Gasteiger partial charge in [-0.1, -0.05) is 17.7 Å². The fourth-order valence-corrected chi connectivity index (χ4v) is 2.00. The Kier molecular flexibility index (Phi) is 2.75. The molecule has 2 rings (SSSR count). The molecule has 0 aliphatic rings. The van der Waals surface area contributed by atoms with Gasteiger partial charge in [-0.2, -0.15) is 0 Å². The van der Waals surface area contributed by atoms with E-state index in [1.54, 1.807) is 13.2 Å². The van der Waals surface area contributed by atoms with Crippen LogP contribution in [-0.2, 0) is 11.2 Å². The first-order valence-electron chi connectivity index (χ1n) is 4.68. The molecule has 0 unspecified atom stereocenters. The minimum absolute atomic E-state index is 0.126. The van der Waals surface area contributed by atoms with Crippen LogP contribution in [0.25, 0.3) is 10.9 Å². The highest BCUT2D eigenvalue weighted by molar-refractivity contribution is 6.32. The zero-order valence-corrected chi connectivity index (χ0v) is 9.34. The number of fused-ring (bicyclic) bond motifs is 1. The van der Waals surface area contributed by atoms with Crippen LogP contribution in [0.3, 0.4) is 0 Å². The molecular formula is C11H10ClNO3. The first-order valence-corrected chi connectivity index (χ1v) is 5.06. The van der Waals surface area contributed by atoms with E-state index in [9.17, 15) is 4.79 Å². The van der Waals surface area contributed by atoms with Crippen molar-refractivity contribution in [1.29, 1.82) is 0 Å². The van der Waals surface area contributed by atoms with Crippen LogP contribution >= 0.6 is 11.6 Å². The highest BCUT2D eigenvalue weighted by Gasteiger charge is 2.16. The average Bonchev–Trinajstić information content (AvgIpc) is 2.54. The Hall–Kier alpha value is -1.68. The van der Waals surface area contributed by atoms with Crippen molar-refractivity contribution in [1.82, 2.24) is 4.98 Å². The van der Waals surface area contributed by atoms with Gasteiger partial charge in [-0.25, -0.2) is 0 Å². The van der Waals surface area contributed by atoms with Gasteiger partial charge < -0.3 is 14.8 Å². The summed E-state index contributed by atoms with van der Waals surface area (Å²) in [6, 6.07) is 5.42. The molecule has 2 aromatic rings. The molecule has 1 aromatic heterocycles. The molecule has 0 aliphatic carbocycles. The second kappa shape index (κ2) is 4.06. The smallest absolute Gasteiger partial charge is 0.307 e. The molecule has 0 amide bonds. The molecule has 0 aliphatic heterocycles. The van der Waals surface area contributed by atoms with Crippen LogP contribution in [0.4, 0.5) is 0 Å². The lowest BCUT2D eigenvalue weighted by atomic mass is 10.1. The number of benzene rings is 1. The molecule has 1 aromatic carbocycles. The SMILES string of the molecule is COc1cccc2[nH]c(Cl)c(CC(=O)O)c12. The summed E-state index contributed by atoms with van der Waals surface area (Å²) in [5, 5.41) is 9.90. The molecule has 0 bridgehead atoms. The highest BCUT2D eigenvalue weighted by atomic mass is 35.5. The second-order valence-electron chi connectivity index (χ2n) is 3.37. The van der Waals surface area contributed by atoms with E-state index in [1.807, 2.05) is 12.1 Å². The van der Waals surface area contributed by atoms with Gasteiger partial charge in [-0.3, -0.25) is 4.79 Å². The number of carboxylic acid groups (broad SMARTS) is 1. The Balaban J connectivity index is 2.70. The number of aromatic nitrogens is 1. The Labute approximate surface area is 96.8 Å². The maximum absolute atomic E-state index is 10.7. The second-order valence-corrected chi connectivity index (χ2v) is 3.75. The van der Waals surface area contributed by atoms with E-state index >= 15 is 0 Å². The van der Waals surface area contributed by atoms with E-state index in [2.05, 4.69) is 4.98 Å². The molecule has 2 N–H and O–H groups in total. The van der Waals surface area contributed by atoms with E-state index in [4.69, 9.17) is 21.4 Å². The number of aliphatic carboxylic acids is 1. The van der Waals surface area contributed by atoms with Crippen molar-refractivity contribution in [3.63, 3.8) is 0 Å². The van der Waals surface area contributed by atoms with E-state index in [1.165, 1.54) is 0 Å². The number of carbonyl (C=O) groups is 1. The Bertz CT molecular complexity index is 547. The van der Waals surface area contributed by atoms with Gasteiger partial charge in [0.2, 0.25) is 0 Å². The topological polar surface area (TPSA) is 62.3 Å². The monoisotopic (exact) mass is 239 g/mol. The predicted octanol–water partition coefficient (Wildman–Crippen LogP) is 2.46. The van der Waals surface area contributed by atoms with Crippen molar-refractivity contribution >= 4 is 28.5 Å². The number of H-pyrrole nitrogens is 1. The summed E-state index contributed by atoms with van der Waals surface area (Å²) < 4.78 is 5.19. The third kappa shape index (κ3) is 1.72. The van der Waals surface area contributed by atoms with Gasteiger partial charge in [0.1, 0.15) is 10.9 Å². The van der Waals surface area contributed by atoms with Crippen LogP contribution in [0.1, 0.15) is 5.56 Å². The quantitative estimate of drug-likeness (QED) is 0.865. The standard InChI is InChI=1S/C11H10ClNO3/c1-16-8-4-2-3-7-10(8)6(5-9(14)15)11(12)13-7/h2-4,13H,5H2,1H3,(H,14,15). The minimum Gasteiger partial charge on any atom is -0.496 e. The number of carboxylic acids is 1. The molecule has 84 valence electrons. The highest BCUT2D eigenvalue weighted by Crippen LogP contribution is 2.33. The van der Waals surface area contributed by atoms with Crippen LogP contribution < -0.4 is 4.74 Å². The zero-order valence-electron chi connectivity index (χ0n) is 8.58. The lowest BCUT2D eigenvalue weighted by Crippen LogP contribution is -2.00. The van der Waals surface area contributed by atoms with Crippen molar-refractivity contribution < 1.29 is 14.6 Å². The predicted molar refractivity (Wildman–Crippen MR) is 61.2 cm³/mol. The lowest BCUT2D eigenvalue weighted by molar-refractivity contribution is -0.136. The summed E-state index contributed by atoms with van der Waals surface area (Å²) in [6.45, 7) is 0. The van der Waals surface area contributed by atoms with E-state index in [-0.39, 0.29) is 6.42 Å². The van der Waals surface area contributed by atoms with Gasteiger partial charge in [-0.05, 0) is 12.1 Å². The summed E-state index contributed by atoms with van der Waals surface area (Å²) in [5.41, 5.74) is 1.34. The third-order valence-corrected chi connectivity index (χ3v) is 2.71. The minimum atomic E-state index is -0.922. The first kappa shape index (κ1) is 10.8. The van der Waals surface area contributed by atoms with E-state index in [0.717, 1.165) is 10.9 Å². The lowest BCUT2D eigenvalue weighted by Gasteiger charge is -2.03. The molecule has 5 heteroatoms. The van der Waals surface area contributed by atoms with Crippen LogP contribution in [0.5, 0.6) is 5.75 Å². The van der Waals surface area contributed by atoms with Gasteiger partial charge in [0.25, 0.3) is 0 Å². The van der Waals surface area contributed by atoms with Crippen molar-refractivity contribution in [2.24, 2.45) is 0 Å². The van der Waals surface area contributed by atoms with Crippen molar-refractivity contribution in [3.05, 3.63) is 28.9 Å². The third-order valence-electron chi connectivity index (χ3n) is 2.39. The summed E-state index contributed by atoms with van der Waals surface area (Å²) in [6.07, 6.45) is -0.126. The number of hydrogen-bond acceptors (Lipinski definition) is 2. The molecule has 1 heterocycles. The van der Waals surface area contributed by atoms with Gasteiger partial charge in [-0.15, -0.1) is 0 Å². The molecule has 0 saturated carbocycles. The van der Waals surface area contributed by atoms with E-state index < -0.39 is 5.97 Å². The molecule has 0 spiro atoms. The average molecular weight is 240 g/mol. The summed E-state index contributed by atoms with van der Waals surface area (Å²) in [5.74, 6) is -0.300. The van der Waals surface area contributed by atoms with Crippen molar-refractivity contribution in [2.75, 3.05) is 7.11 Å². The maximum atomic E-state index is 10.7. The Morgan fingerprint density at radius 3 is 2.94 bits per heavy atom. The Morgan fingerprint density at radius 2 is 2.31 bits per heavy atom. The summed E-state index contributed by atoms with van der Waals surface area (Å²) in [7, 11) is 1.54. The molecule has 0 saturated heterocycles. The first-order chi connectivity index (χ1) is 7.63. The fraction of sp³-hybridized carbons (Fsp3) is 0.182. The largest absolute Gasteiger partial charge is 0.496 e. The number of halogens is 1. The number of methoxy groups -OCH3 is 1. The van der Waals surface area contributed by atoms with Crippen LogP contribution in [0.15, 0.2) is 18.2 Å². The number of nitrogens with one attached hydrogen (secondary N) is 1. The van der Waals surface area contributed by atoms with Crippen LogP contribution in [0, 0.1) is 0 Å². The molecule has 0 fully saturated rings. The zero-order chi connectivity index (χ0) is 11.7. The van der Waals surface area contributed by atoms with Crippen LogP contribution in [-0.4, -0.2) is 23.2 Å². The summed E-state index contributed by atoms with van der Waals surface area (Å²) >= 11 is 5.97. The van der Waals surface area contributed by atoms with E-state index in [0.29, 0.717) is 16.5 Å². The number of ether oxygens (including phenoxy) is 1. The number of rotatable bonds is 3. The van der Waals surface area contributed by atoms with Gasteiger partial charge >= 0.3 is 5.97 Å². The molecule has 4 nitrogen and oxygen atoms in total. The number of aromatic amines is 1. The normalized spacial score (nSPS) is 10.6. The van der Waals surface area contributed by atoms with Crippen LogP contribution in [0.2, 0.25) is 5.15 Å². The fourth-order valence-electron chi connectivity index (χ4n) is 1.74. The summed E-state index contributed by atoms with van der Waals surface area (Å²) in [4.78, 5) is 13.7. The molecule has 16 heavy (non-hydrogen) atoms. The molecule has 0 atom stereocenters. The number of hydrogen-bond donors (Lipinski definition) is 2. The van der Waals surface area contributed by atoms with Crippen molar-refractivity contribution in [3.8, 4) is 5.75 Å². The van der Waals surface area contributed by atoms with Crippen molar-refractivity contribution in [2.45, 2.75) is 6.42 Å².